The Morgan fingerprint density at radius 1 is 0.275 bits per heavy atom. The molecule has 80 heavy (non-hydrogen) atoms. The monoisotopic (exact) mass is 1110 g/mol. The Labute approximate surface area is 496 Å². The van der Waals surface area contributed by atoms with Crippen LogP contribution in [-0.2, 0) is 28.6 Å². The fourth-order valence-electron chi connectivity index (χ4n) is 10.0. The van der Waals surface area contributed by atoms with Gasteiger partial charge in [-0.1, -0.05) is 337 Å². The molecule has 0 aliphatic heterocycles. The van der Waals surface area contributed by atoms with Crippen molar-refractivity contribution in [2.24, 2.45) is 0 Å². The normalized spacial score (nSPS) is 12.6. The summed E-state index contributed by atoms with van der Waals surface area (Å²) in [7, 11) is 0. The van der Waals surface area contributed by atoms with Crippen molar-refractivity contribution in [2.75, 3.05) is 13.2 Å². The van der Waals surface area contributed by atoms with Crippen LogP contribution in [0.2, 0.25) is 0 Å². The zero-order chi connectivity index (χ0) is 57.8. The van der Waals surface area contributed by atoms with Crippen molar-refractivity contribution >= 4 is 17.9 Å². The molecule has 0 amide bonds. The molecule has 6 nitrogen and oxygen atoms in total. The van der Waals surface area contributed by atoms with Gasteiger partial charge in [0, 0.05) is 12.8 Å². The highest BCUT2D eigenvalue weighted by atomic mass is 16.6. The number of esters is 3. The van der Waals surface area contributed by atoms with Crippen LogP contribution >= 0.6 is 0 Å². The zero-order valence-corrected chi connectivity index (χ0v) is 53.1. The summed E-state index contributed by atoms with van der Waals surface area (Å²) < 4.78 is 16.8. The minimum atomic E-state index is -0.837. The van der Waals surface area contributed by atoms with E-state index in [0.717, 1.165) is 96.3 Å². The first-order chi connectivity index (χ1) is 39.5. The average molecular weight is 1120 g/mol. The molecule has 1 atom stereocenters. The molecule has 0 rings (SSSR count). The first-order valence-electron chi connectivity index (χ1n) is 34.6. The summed E-state index contributed by atoms with van der Waals surface area (Å²) in [6.45, 7) is 6.45. The van der Waals surface area contributed by atoms with Crippen molar-refractivity contribution < 1.29 is 28.6 Å². The summed E-state index contributed by atoms with van der Waals surface area (Å²) in [6, 6.07) is 0. The van der Waals surface area contributed by atoms with Crippen LogP contribution < -0.4 is 0 Å². The molecule has 462 valence electrons. The van der Waals surface area contributed by atoms with E-state index >= 15 is 0 Å². The van der Waals surface area contributed by atoms with E-state index in [1.165, 1.54) is 212 Å². The lowest BCUT2D eigenvalue weighted by atomic mass is 10.0. The molecule has 0 aliphatic rings. The molecule has 0 aliphatic carbocycles. The van der Waals surface area contributed by atoms with Gasteiger partial charge in [-0.3, -0.25) is 14.4 Å². The molecule has 0 heterocycles. The third-order valence-electron chi connectivity index (χ3n) is 15.2. The average Bonchev–Trinajstić information content (AvgIpc) is 3.46. The molecule has 0 N–H and O–H groups in total. The molecule has 6 heteroatoms. The summed E-state index contributed by atoms with van der Waals surface area (Å²) in [5.74, 6) is -1.05. The van der Waals surface area contributed by atoms with Crippen LogP contribution in [0.3, 0.4) is 0 Å². The number of carbonyl (C=O) groups is 3. The van der Waals surface area contributed by atoms with Gasteiger partial charge in [0.05, 0.1) is 6.42 Å². The predicted molar refractivity (Wildman–Crippen MR) is 348 cm³/mol. The second-order valence-corrected chi connectivity index (χ2v) is 23.1. The molecule has 0 bridgehead atoms. The van der Waals surface area contributed by atoms with E-state index in [4.69, 9.17) is 14.2 Å². The number of unbranched alkanes of at least 4 members (excludes halogenated alkanes) is 39. The van der Waals surface area contributed by atoms with Gasteiger partial charge in [-0.15, -0.1) is 0 Å². The molecule has 0 aromatic heterocycles. The maximum atomic E-state index is 12.8. The molecule has 0 saturated heterocycles. The number of ether oxygens (including phenoxy) is 3. The summed E-state index contributed by atoms with van der Waals surface area (Å²) >= 11 is 0. The van der Waals surface area contributed by atoms with Crippen LogP contribution in [0.5, 0.6) is 0 Å². The van der Waals surface area contributed by atoms with Gasteiger partial charge in [0.15, 0.2) is 6.10 Å². The van der Waals surface area contributed by atoms with Crippen molar-refractivity contribution in [3.8, 4) is 0 Å². The lowest BCUT2D eigenvalue weighted by molar-refractivity contribution is -0.166. The van der Waals surface area contributed by atoms with E-state index < -0.39 is 12.1 Å². The van der Waals surface area contributed by atoms with E-state index in [1.54, 1.807) is 6.08 Å². The van der Waals surface area contributed by atoms with Gasteiger partial charge in [-0.25, -0.2) is 0 Å². The van der Waals surface area contributed by atoms with Gasteiger partial charge in [-0.2, -0.15) is 0 Å². The minimum absolute atomic E-state index is 0.0948. The second-order valence-electron chi connectivity index (χ2n) is 23.1. The first-order valence-corrected chi connectivity index (χ1v) is 34.6. The molecule has 0 aromatic rings. The lowest BCUT2D eigenvalue weighted by Crippen LogP contribution is -2.30. The Hall–Kier alpha value is -3.41. The van der Waals surface area contributed by atoms with Crippen LogP contribution in [0.1, 0.15) is 348 Å². The van der Waals surface area contributed by atoms with Gasteiger partial charge < -0.3 is 14.2 Å². The maximum absolute atomic E-state index is 12.8. The van der Waals surface area contributed by atoms with Crippen molar-refractivity contribution in [1.29, 1.82) is 0 Å². The number of allylic oxidation sites excluding steroid dienone is 13. The molecule has 0 fully saturated rings. The number of hydrogen-bond donors (Lipinski definition) is 0. The predicted octanol–water partition coefficient (Wildman–Crippen LogP) is 23.8. The third kappa shape index (κ3) is 65.4. The van der Waals surface area contributed by atoms with Gasteiger partial charge in [0.2, 0.25) is 0 Å². The summed E-state index contributed by atoms with van der Waals surface area (Å²) in [5.41, 5.74) is 0. The van der Waals surface area contributed by atoms with E-state index in [9.17, 15) is 14.4 Å². The molecule has 0 radical (unpaired) electrons. The first kappa shape index (κ1) is 76.6. The van der Waals surface area contributed by atoms with E-state index in [1.807, 2.05) is 6.08 Å². The molecule has 1 unspecified atom stereocenters. The summed E-state index contributed by atoms with van der Waals surface area (Å²) in [4.78, 5) is 38.2. The maximum Gasteiger partial charge on any atom is 0.310 e. The van der Waals surface area contributed by atoms with E-state index in [0.29, 0.717) is 12.8 Å². The smallest absolute Gasteiger partial charge is 0.310 e. The van der Waals surface area contributed by atoms with Crippen LogP contribution in [0.25, 0.3) is 0 Å². The highest BCUT2D eigenvalue weighted by Crippen LogP contribution is 2.18. The Balaban J connectivity index is 4.20. The topological polar surface area (TPSA) is 78.9 Å². The molecule has 0 spiro atoms. The number of carbonyl (C=O) groups excluding carboxylic acids is 3. The van der Waals surface area contributed by atoms with Crippen LogP contribution in [0.15, 0.2) is 85.1 Å². The number of rotatable bonds is 63. The zero-order valence-electron chi connectivity index (χ0n) is 53.1. The Morgan fingerprint density at radius 2 is 0.525 bits per heavy atom. The largest absolute Gasteiger partial charge is 0.462 e. The Morgan fingerprint density at radius 3 is 0.850 bits per heavy atom. The van der Waals surface area contributed by atoms with Gasteiger partial charge in [0.1, 0.15) is 13.2 Å². The summed E-state index contributed by atoms with van der Waals surface area (Å²) in [6.07, 6.45) is 90.9. The summed E-state index contributed by atoms with van der Waals surface area (Å²) in [5, 5.41) is 0. The van der Waals surface area contributed by atoms with Crippen molar-refractivity contribution in [1.82, 2.24) is 0 Å². The number of hydrogen-bond acceptors (Lipinski definition) is 6. The lowest BCUT2D eigenvalue weighted by Gasteiger charge is -2.18. The van der Waals surface area contributed by atoms with E-state index in [2.05, 4.69) is 93.7 Å². The quantitative estimate of drug-likeness (QED) is 0.0261. The highest BCUT2D eigenvalue weighted by molar-refractivity contribution is 5.72. The molecule has 0 aromatic carbocycles. The fourth-order valence-corrected chi connectivity index (χ4v) is 10.0. The van der Waals surface area contributed by atoms with Crippen LogP contribution in [0, 0.1) is 0 Å². The third-order valence-corrected chi connectivity index (χ3v) is 15.2. The minimum Gasteiger partial charge on any atom is -0.462 e. The fraction of sp³-hybridized carbons (Fsp3) is 0.770. The Kier molecular flexibility index (Phi) is 65.2. The Bertz CT molecular complexity index is 1520. The van der Waals surface area contributed by atoms with E-state index in [-0.39, 0.29) is 31.6 Å². The van der Waals surface area contributed by atoms with Crippen LogP contribution in [0.4, 0.5) is 0 Å². The van der Waals surface area contributed by atoms with Crippen LogP contribution in [-0.4, -0.2) is 37.2 Å². The standard InChI is InChI=1S/C74H130O6/c1-4-7-10-13-16-19-22-25-28-29-30-31-32-33-34-35-36-37-38-39-40-41-42-43-44-47-49-52-55-58-61-64-67-73(76)79-70-71(80-74(77)68-65-62-59-56-53-50-46-27-24-21-18-15-12-9-6-3)69-78-72(75)66-63-60-57-54-51-48-45-26-23-20-17-14-11-8-5-2/h9,12,17-18,20-21,26-27,45-46,53,56,62,65,71H,4-8,10-11,13-16,19,22-25,28-44,47-52,54-55,57-61,63-64,66-70H2,1-3H3/b12-9-,20-17-,21-18-,45-26-,46-27-,56-53-,65-62-. The van der Waals surface area contributed by atoms with Gasteiger partial charge >= 0.3 is 17.9 Å². The van der Waals surface area contributed by atoms with Crippen molar-refractivity contribution in [2.45, 2.75) is 354 Å². The van der Waals surface area contributed by atoms with Gasteiger partial charge in [0.25, 0.3) is 0 Å². The second kappa shape index (κ2) is 68.1. The molecular formula is C74H130O6. The highest BCUT2D eigenvalue weighted by Gasteiger charge is 2.19. The molecular weight excluding hydrogens is 985 g/mol. The van der Waals surface area contributed by atoms with Crippen molar-refractivity contribution in [3.05, 3.63) is 85.1 Å². The van der Waals surface area contributed by atoms with Gasteiger partial charge in [-0.05, 0) is 77.0 Å². The molecule has 0 saturated carbocycles. The van der Waals surface area contributed by atoms with Crippen molar-refractivity contribution in [3.63, 3.8) is 0 Å². The SMILES string of the molecule is CC/C=C\C/C=C\C/C=C\C/C=C\C/C=C\CC(=O)OC(COC(=O)CCCCCCC/C=C\C/C=C\CCCCC)COC(=O)CCCCCCCCCCCCCCCCCCCCCCCCCCCCCCCCCC.